The van der Waals surface area contributed by atoms with Crippen molar-refractivity contribution in [1.82, 2.24) is 4.90 Å². The summed E-state index contributed by atoms with van der Waals surface area (Å²) in [4.78, 5) is 14.0. The number of halogens is 1. The number of methoxy groups -OCH3 is 2. The summed E-state index contributed by atoms with van der Waals surface area (Å²) in [5, 5.41) is -0.596. The Morgan fingerprint density at radius 1 is 1.45 bits per heavy atom. The van der Waals surface area contributed by atoms with Crippen LogP contribution in [0, 0.1) is 0 Å². The van der Waals surface area contributed by atoms with Gasteiger partial charge in [0.2, 0.25) is 5.91 Å². The van der Waals surface area contributed by atoms with Crippen molar-refractivity contribution in [3.8, 4) is 11.5 Å². The lowest BCUT2D eigenvalue weighted by molar-refractivity contribution is -0.130. The van der Waals surface area contributed by atoms with Gasteiger partial charge in [-0.05, 0) is 13.0 Å². The van der Waals surface area contributed by atoms with Crippen molar-refractivity contribution in [2.24, 2.45) is 0 Å². The number of para-hydroxylation sites is 1. The second kappa shape index (κ2) is 6.59. The third kappa shape index (κ3) is 2.83. The van der Waals surface area contributed by atoms with Gasteiger partial charge in [-0.15, -0.1) is 23.4 Å². The van der Waals surface area contributed by atoms with Gasteiger partial charge in [-0.3, -0.25) is 4.79 Å². The molecule has 6 heteroatoms. The molecule has 1 fully saturated rings. The highest BCUT2D eigenvalue weighted by molar-refractivity contribution is 7.99. The smallest absolute Gasteiger partial charge is 0.241 e. The van der Waals surface area contributed by atoms with Crippen LogP contribution in [-0.2, 0) is 4.79 Å². The molecule has 0 N–H and O–H groups in total. The van der Waals surface area contributed by atoms with E-state index in [1.807, 2.05) is 18.2 Å². The molecule has 0 aromatic heterocycles. The van der Waals surface area contributed by atoms with E-state index < -0.39 is 5.38 Å². The number of carbonyl (C=O) groups is 1. The largest absolute Gasteiger partial charge is 0.493 e. The van der Waals surface area contributed by atoms with Crippen molar-refractivity contribution in [2.45, 2.75) is 17.7 Å². The molecule has 1 amide bonds. The molecule has 1 aliphatic rings. The van der Waals surface area contributed by atoms with Crippen LogP contribution in [0.15, 0.2) is 18.2 Å². The van der Waals surface area contributed by atoms with Crippen LogP contribution in [0.2, 0.25) is 0 Å². The zero-order chi connectivity index (χ0) is 14.7. The van der Waals surface area contributed by atoms with Crippen molar-refractivity contribution >= 4 is 29.3 Å². The van der Waals surface area contributed by atoms with E-state index in [1.54, 1.807) is 37.8 Å². The number of thioether (sulfide) groups is 1. The molecule has 2 atom stereocenters. The van der Waals surface area contributed by atoms with Crippen molar-refractivity contribution in [2.75, 3.05) is 26.5 Å². The molecule has 20 heavy (non-hydrogen) atoms. The van der Waals surface area contributed by atoms with E-state index in [4.69, 9.17) is 21.1 Å². The van der Waals surface area contributed by atoms with Gasteiger partial charge in [-0.1, -0.05) is 12.1 Å². The fourth-order valence-corrected chi connectivity index (χ4v) is 3.69. The van der Waals surface area contributed by atoms with E-state index in [0.717, 1.165) is 11.3 Å². The Balaban J connectivity index is 2.37. The number of hydrogen-bond donors (Lipinski definition) is 0. The molecule has 2 rings (SSSR count). The first-order chi connectivity index (χ1) is 9.60. The molecule has 0 spiro atoms. The molecular formula is C14H18ClNO3S. The summed E-state index contributed by atoms with van der Waals surface area (Å²) in [5.41, 5.74) is 0.944. The third-order valence-electron chi connectivity index (χ3n) is 3.21. The Labute approximate surface area is 128 Å². The summed E-state index contributed by atoms with van der Waals surface area (Å²) < 4.78 is 10.8. The molecule has 1 aliphatic heterocycles. The molecule has 0 aliphatic carbocycles. The highest BCUT2D eigenvalue weighted by Crippen LogP contribution is 2.45. The van der Waals surface area contributed by atoms with Crippen LogP contribution < -0.4 is 9.47 Å². The number of carbonyl (C=O) groups excluding carboxylic acids is 1. The molecule has 0 radical (unpaired) electrons. The zero-order valence-electron chi connectivity index (χ0n) is 11.8. The average Bonchev–Trinajstić information content (AvgIpc) is 2.94. The first-order valence-electron chi connectivity index (χ1n) is 6.37. The SMILES string of the molecule is COc1cccc(C2SCCN2C(=O)C(C)Cl)c1OC. The van der Waals surface area contributed by atoms with Gasteiger partial charge in [0.1, 0.15) is 10.8 Å². The third-order valence-corrected chi connectivity index (χ3v) is 4.64. The Bertz CT molecular complexity index is 495. The molecule has 1 aromatic rings. The predicted molar refractivity (Wildman–Crippen MR) is 81.8 cm³/mol. The van der Waals surface area contributed by atoms with E-state index in [-0.39, 0.29) is 11.3 Å². The quantitative estimate of drug-likeness (QED) is 0.801. The van der Waals surface area contributed by atoms with Crippen LogP contribution >= 0.6 is 23.4 Å². The standard InChI is InChI=1S/C14H18ClNO3S/c1-9(15)13(17)16-7-8-20-14(16)10-5-4-6-11(18-2)12(10)19-3/h4-6,9,14H,7-8H2,1-3H3. The molecule has 2 unspecified atom stereocenters. The van der Waals surface area contributed by atoms with E-state index in [9.17, 15) is 4.79 Å². The number of rotatable bonds is 4. The van der Waals surface area contributed by atoms with Gasteiger partial charge >= 0.3 is 0 Å². The minimum atomic E-state index is -0.521. The van der Waals surface area contributed by atoms with Gasteiger partial charge in [0.15, 0.2) is 11.5 Å². The van der Waals surface area contributed by atoms with Crippen LogP contribution in [-0.4, -0.2) is 42.7 Å². The number of amides is 1. The average molecular weight is 316 g/mol. The fourth-order valence-electron chi connectivity index (χ4n) is 2.29. The maximum absolute atomic E-state index is 12.2. The summed E-state index contributed by atoms with van der Waals surface area (Å²) in [5.74, 6) is 2.19. The second-order valence-electron chi connectivity index (χ2n) is 4.45. The molecule has 1 saturated heterocycles. The number of hydrogen-bond acceptors (Lipinski definition) is 4. The van der Waals surface area contributed by atoms with Crippen LogP contribution in [0.3, 0.4) is 0 Å². The minimum Gasteiger partial charge on any atom is -0.493 e. The van der Waals surface area contributed by atoms with Gasteiger partial charge < -0.3 is 14.4 Å². The van der Waals surface area contributed by atoms with E-state index in [2.05, 4.69) is 0 Å². The minimum absolute atomic E-state index is 0.0495. The molecule has 0 saturated carbocycles. The lowest BCUT2D eigenvalue weighted by atomic mass is 10.1. The summed E-state index contributed by atoms with van der Waals surface area (Å²) in [6.45, 7) is 2.40. The van der Waals surface area contributed by atoms with Crippen LogP contribution in [0.25, 0.3) is 0 Å². The number of ether oxygens (including phenoxy) is 2. The monoisotopic (exact) mass is 315 g/mol. The topological polar surface area (TPSA) is 38.8 Å². The molecule has 1 heterocycles. The first-order valence-corrected chi connectivity index (χ1v) is 7.85. The summed E-state index contributed by atoms with van der Waals surface area (Å²) in [6.07, 6.45) is 0. The highest BCUT2D eigenvalue weighted by Gasteiger charge is 2.34. The Morgan fingerprint density at radius 3 is 2.80 bits per heavy atom. The van der Waals surface area contributed by atoms with Crippen molar-refractivity contribution in [3.05, 3.63) is 23.8 Å². The van der Waals surface area contributed by atoms with Gasteiger partial charge in [0, 0.05) is 17.9 Å². The molecule has 0 bridgehead atoms. The summed E-state index contributed by atoms with van der Waals surface area (Å²) in [6, 6.07) is 5.71. The molecule has 1 aromatic carbocycles. The first kappa shape index (κ1) is 15.3. The fraction of sp³-hybridized carbons (Fsp3) is 0.500. The Hall–Kier alpha value is -1.07. The Morgan fingerprint density at radius 2 is 2.20 bits per heavy atom. The van der Waals surface area contributed by atoms with Crippen molar-refractivity contribution in [1.29, 1.82) is 0 Å². The molecule has 4 nitrogen and oxygen atoms in total. The van der Waals surface area contributed by atoms with Crippen LogP contribution in [0.5, 0.6) is 11.5 Å². The van der Waals surface area contributed by atoms with Crippen LogP contribution in [0.1, 0.15) is 17.9 Å². The predicted octanol–water partition coefficient (Wildman–Crippen LogP) is 2.91. The maximum Gasteiger partial charge on any atom is 0.241 e. The lowest BCUT2D eigenvalue weighted by Crippen LogP contribution is -2.35. The zero-order valence-corrected chi connectivity index (χ0v) is 13.3. The number of alkyl halides is 1. The highest BCUT2D eigenvalue weighted by atomic mass is 35.5. The van der Waals surface area contributed by atoms with Crippen molar-refractivity contribution < 1.29 is 14.3 Å². The van der Waals surface area contributed by atoms with Gasteiger partial charge in [-0.25, -0.2) is 0 Å². The molecule has 110 valence electrons. The van der Waals surface area contributed by atoms with E-state index in [1.165, 1.54) is 0 Å². The normalized spacial score (nSPS) is 19.8. The summed E-state index contributed by atoms with van der Waals surface area (Å²) >= 11 is 7.65. The number of nitrogens with zero attached hydrogens (tertiary/aromatic N) is 1. The van der Waals surface area contributed by atoms with Gasteiger partial charge in [0.25, 0.3) is 0 Å². The lowest BCUT2D eigenvalue weighted by Gasteiger charge is -2.26. The van der Waals surface area contributed by atoms with E-state index >= 15 is 0 Å². The Kier molecular flexibility index (Phi) is 5.05. The van der Waals surface area contributed by atoms with E-state index in [0.29, 0.717) is 18.0 Å². The van der Waals surface area contributed by atoms with Gasteiger partial charge in [0.05, 0.1) is 14.2 Å². The molecular weight excluding hydrogens is 298 g/mol. The second-order valence-corrected chi connectivity index (χ2v) is 6.30. The van der Waals surface area contributed by atoms with Crippen LogP contribution in [0.4, 0.5) is 0 Å². The number of benzene rings is 1. The maximum atomic E-state index is 12.2. The van der Waals surface area contributed by atoms with Crippen molar-refractivity contribution in [3.63, 3.8) is 0 Å². The summed E-state index contributed by atoms with van der Waals surface area (Å²) in [7, 11) is 3.21. The van der Waals surface area contributed by atoms with Gasteiger partial charge in [-0.2, -0.15) is 0 Å².